The summed E-state index contributed by atoms with van der Waals surface area (Å²) in [6.07, 6.45) is 2.05. The van der Waals surface area contributed by atoms with Crippen molar-refractivity contribution in [2.24, 2.45) is 5.73 Å². The van der Waals surface area contributed by atoms with Crippen molar-refractivity contribution >= 4 is 18.3 Å². The summed E-state index contributed by atoms with van der Waals surface area (Å²) >= 11 is 0. The zero-order chi connectivity index (χ0) is 12.5. The van der Waals surface area contributed by atoms with Crippen LogP contribution in [0.1, 0.15) is 25.3 Å². The molecule has 0 heterocycles. The highest BCUT2D eigenvalue weighted by molar-refractivity contribution is 5.85. The number of halogens is 2. The van der Waals surface area contributed by atoms with Crippen molar-refractivity contribution in [2.75, 3.05) is 6.54 Å². The van der Waals surface area contributed by atoms with Crippen LogP contribution in [0, 0.1) is 5.82 Å². The summed E-state index contributed by atoms with van der Waals surface area (Å²) < 4.78 is 12.8. The monoisotopic (exact) mass is 272 g/mol. The van der Waals surface area contributed by atoms with E-state index < -0.39 is 6.04 Å². The highest BCUT2D eigenvalue weighted by atomic mass is 35.5. The first kappa shape index (κ1) is 14.9. The first-order valence-corrected chi connectivity index (χ1v) is 5.83. The summed E-state index contributed by atoms with van der Waals surface area (Å²) in [5.74, 6) is -0.373. The minimum atomic E-state index is -0.487. The zero-order valence-electron chi connectivity index (χ0n) is 10.3. The number of carbonyl (C=O) groups excluding carboxylic acids is 1. The lowest BCUT2D eigenvalue weighted by atomic mass is 9.96. The van der Waals surface area contributed by atoms with E-state index in [2.05, 4.69) is 5.32 Å². The van der Waals surface area contributed by atoms with Crippen molar-refractivity contribution in [2.45, 2.75) is 31.2 Å². The molecule has 100 valence electrons. The minimum Gasteiger partial charge on any atom is -0.354 e. The number of nitrogens with two attached hydrogens (primary N) is 1. The van der Waals surface area contributed by atoms with E-state index in [1.165, 1.54) is 12.1 Å². The van der Waals surface area contributed by atoms with Gasteiger partial charge in [0.05, 0.1) is 6.04 Å². The summed E-state index contributed by atoms with van der Waals surface area (Å²) in [7, 11) is 0. The van der Waals surface area contributed by atoms with Crippen LogP contribution in [0.4, 0.5) is 4.39 Å². The summed E-state index contributed by atoms with van der Waals surface area (Å²) in [4.78, 5) is 11.4. The summed E-state index contributed by atoms with van der Waals surface area (Å²) in [6.45, 7) is 2.24. The van der Waals surface area contributed by atoms with Crippen molar-refractivity contribution in [1.29, 1.82) is 0 Å². The standard InChI is InChI=1S/C13H17FN2O.ClH/c1-9(15)12(17)16-8-13(6-7-13)10-2-4-11(14)5-3-10;/h2-5,9H,6-8,15H2,1H3,(H,16,17);1H/t9-;/m1./s1. The number of rotatable bonds is 4. The molecule has 5 heteroatoms. The highest BCUT2D eigenvalue weighted by Gasteiger charge is 2.44. The quantitative estimate of drug-likeness (QED) is 0.877. The van der Waals surface area contributed by atoms with Crippen molar-refractivity contribution in [3.63, 3.8) is 0 Å². The molecule has 1 aromatic rings. The molecule has 1 aliphatic rings. The van der Waals surface area contributed by atoms with Gasteiger partial charge in [-0.25, -0.2) is 4.39 Å². The molecule has 1 amide bonds. The Balaban J connectivity index is 0.00000162. The molecule has 0 unspecified atom stereocenters. The second-order valence-corrected chi connectivity index (χ2v) is 4.79. The normalized spacial score (nSPS) is 17.5. The average Bonchev–Trinajstić information content (AvgIpc) is 3.08. The largest absolute Gasteiger partial charge is 0.354 e. The first-order chi connectivity index (χ1) is 8.03. The number of amides is 1. The van der Waals surface area contributed by atoms with Crippen LogP contribution in [0.3, 0.4) is 0 Å². The van der Waals surface area contributed by atoms with Gasteiger partial charge in [-0.1, -0.05) is 12.1 Å². The summed E-state index contributed by atoms with van der Waals surface area (Å²) in [5, 5.41) is 2.84. The number of benzene rings is 1. The molecule has 3 N–H and O–H groups in total. The molecule has 0 radical (unpaired) electrons. The summed E-state index contributed by atoms with van der Waals surface area (Å²) in [5.41, 5.74) is 6.57. The van der Waals surface area contributed by atoms with E-state index in [9.17, 15) is 9.18 Å². The van der Waals surface area contributed by atoms with E-state index in [4.69, 9.17) is 5.73 Å². The Labute approximate surface area is 112 Å². The Kier molecular flexibility index (Phi) is 4.71. The number of carbonyl (C=O) groups is 1. The molecule has 1 atom stereocenters. The number of hydrogen-bond acceptors (Lipinski definition) is 2. The van der Waals surface area contributed by atoms with Gasteiger partial charge < -0.3 is 11.1 Å². The van der Waals surface area contributed by atoms with Gasteiger partial charge in [-0.05, 0) is 37.5 Å². The fourth-order valence-corrected chi connectivity index (χ4v) is 1.94. The molecule has 1 aromatic carbocycles. The lowest BCUT2D eigenvalue weighted by Gasteiger charge is -2.17. The topological polar surface area (TPSA) is 55.1 Å². The van der Waals surface area contributed by atoms with Crippen LogP contribution >= 0.6 is 12.4 Å². The SMILES string of the molecule is C[C@@H](N)C(=O)NCC1(c2ccc(F)cc2)CC1.Cl. The lowest BCUT2D eigenvalue weighted by Crippen LogP contribution is -2.41. The molecule has 2 rings (SSSR count). The average molecular weight is 273 g/mol. The van der Waals surface area contributed by atoms with Crippen molar-refractivity contribution in [3.8, 4) is 0 Å². The minimum absolute atomic E-state index is 0. The van der Waals surface area contributed by atoms with E-state index in [-0.39, 0.29) is 29.5 Å². The molecule has 0 aromatic heterocycles. The molecule has 1 saturated carbocycles. The predicted octanol–water partition coefficient (Wildman–Crippen LogP) is 1.74. The molecule has 0 aliphatic heterocycles. The van der Waals surface area contributed by atoms with Crippen molar-refractivity contribution < 1.29 is 9.18 Å². The first-order valence-electron chi connectivity index (χ1n) is 5.83. The maximum atomic E-state index is 12.8. The summed E-state index contributed by atoms with van der Waals surface area (Å²) in [6, 6.07) is 6.02. The van der Waals surface area contributed by atoms with Crippen LogP contribution in [-0.2, 0) is 10.2 Å². The Morgan fingerprint density at radius 2 is 2.00 bits per heavy atom. The fourth-order valence-electron chi connectivity index (χ4n) is 1.94. The van der Waals surface area contributed by atoms with Gasteiger partial charge >= 0.3 is 0 Å². The van der Waals surface area contributed by atoms with Gasteiger partial charge in [0.25, 0.3) is 0 Å². The van der Waals surface area contributed by atoms with Crippen LogP contribution in [0.5, 0.6) is 0 Å². The van der Waals surface area contributed by atoms with Gasteiger partial charge in [0.2, 0.25) is 5.91 Å². The van der Waals surface area contributed by atoms with Gasteiger partial charge in [-0.2, -0.15) is 0 Å². The highest BCUT2D eigenvalue weighted by Crippen LogP contribution is 2.47. The molecule has 0 spiro atoms. The third-order valence-corrected chi connectivity index (χ3v) is 3.32. The Bertz CT molecular complexity index is 416. The number of nitrogens with one attached hydrogen (secondary N) is 1. The fraction of sp³-hybridized carbons (Fsp3) is 0.462. The zero-order valence-corrected chi connectivity index (χ0v) is 11.1. The van der Waals surface area contributed by atoms with Crippen LogP contribution in [0.2, 0.25) is 0 Å². The van der Waals surface area contributed by atoms with Crippen molar-refractivity contribution in [1.82, 2.24) is 5.32 Å². The van der Waals surface area contributed by atoms with Gasteiger partial charge in [0, 0.05) is 12.0 Å². The van der Waals surface area contributed by atoms with Gasteiger partial charge in [-0.15, -0.1) is 12.4 Å². The third-order valence-electron chi connectivity index (χ3n) is 3.32. The second-order valence-electron chi connectivity index (χ2n) is 4.79. The Hall–Kier alpha value is -1.13. The Morgan fingerprint density at radius 3 is 2.44 bits per heavy atom. The molecule has 0 bridgehead atoms. The Morgan fingerprint density at radius 1 is 1.44 bits per heavy atom. The number of hydrogen-bond donors (Lipinski definition) is 2. The molecular formula is C13H18ClFN2O. The lowest BCUT2D eigenvalue weighted by molar-refractivity contribution is -0.122. The van der Waals surface area contributed by atoms with E-state index in [1.54, 1.807) is 19.1 Å². The maximum Gasteiger partial charge on any atom is 0.236 e. The molecule has 3 nitrogen and oxygen atoms in total. The third kappa shape index (κ3) is 3.21. The smallest absolute Gasteiger partial charge is 0.236 e. The molecule has 1 fully saturated rings. The predicted molar refractivity (Wildman–Crippen MR) is 71.2 cm³/mol. The van der Waals surface area contributed by atoms with Crippen LogP contribution in [-0.4, -0.2) is 18.5 Å². The second kappa shape index (κ2) is 5.67. The molecule has 18 heavy (non-hydrogen) atoms. The molecular weight excluding hydrogens is 255 g/mol. The molecule has 1 aliphatic carbocycles. The van der Waals surface area contributed by atoms with Gasteiger partial charge in [0.15, 0.2) is 0 Å². The van der Waals surface area contributed by atoms with Gasteiger partial charge in [0.1, 0.15) is 5.82 Å². The van der Waals surface area contributed by atoms with Crippen molar-refractivity contribution in [3.05, 3.63) is 35.6 Å². The van der Waals surface area contributed by atoms with E-state index in [1.807, 2.05) is 0 Å². The van der Waals surface area contributed by atoms with E-state index in [0.717, 1.165) is 18.4 Å². The van der Waals surface area contributed by atoms with Crippen LogP contribution in [0.25, 0.3) is 0 Å². The van der Waals surface area contributed by atoms with Crippen LogP contribution in [0.15, 0.2) is 24.3 Å². The van der Waals surface area contributed by atoms with E-state index >= 15 is 0 Å². The van der Waals surface area contributed by atoms with Crippen LogP contribution < -0.4 is 11.1 Å². The van der Waals surface area contributed by atoms with E-state index in [0.29, 0.717) is 6.54 Å². The molecule has 0 saturated heterocycles. The van der Waals surface area contributed by atoms with Gasteiger partial charge in [-0.3, -0.25) is 4.79 Å². The maximum absolute atomic E-state index is 12.8.